The van der Waals surface area contributed by atoms with Crippen LogP contribution in [-0.4, -0.2) is 14.8 Å². The van der Waals surface area contributed by atoms with Gasteiger partial charge in [-0.15, -0.1) is 11.6 Å². The van der Waals surface area contributed by atoms with E-state index in [-0.39, 0.29) is 4.87 Å². The Morgan fingerprint density at radius 1 is 1.24 bits per heavy atom. The molecule has 0 aromatic carbocycles. The highest BCUT2D eigenvalue weighted by molar-refractivity contribution is 14.1. The van der Waals surface area contributed by atoms with E-state index in [0.717, 1.165) is 15.0 Å². The summed E-state index contributed by atoms with van der Waals surface area (Å²) in [7, 11) is 0. The van der Waals surface area contributed by atoms with E-state index in [1.54, 1.807) is 18.5 Å². The van der Waals surface area contributed by atoms with Gasteiger partial charge in [-0.25, -0.2) is 4.98 Å². The van der Waals surface area contributed by atoms with Gasteiger partial charge in [-0.1, -0.05) is 17.7 Å². The Kier molecular flexibility index (Phi) is 5.68. The summed E-state index contributed by atoms with van der Waals surface area (Å²) in [6.07, 6.45) is 4.07. The highest BCUT2D eigenvalue weighted by Gasteiger charge is 2.16. The third-order valence-corrected chi connectivity index (χ3v) is 3.73. The monoisotopic (exact) mass is 436 g/mol. The molecule has 0 unspecified atom stereocenters. The van der Waals surface area contributed by atoms with Crippen LogP contribution in [0.2, 0.25) is 5.02 Å². The van der Waals surface area contributed by atoms with Crippen molar-refractivity contribution in [3.8, 4) is 5.75 Å². The van der Waals surface area contributed by atoms with E-state index >= 15 is 0 Å². The molecule has 2 aromatic heterocycles. The molecule has 0 bridgehead atoms. The number of pyridine rings is 2. The van der Waals surface area contributed by atoms with Crippen LogP contribution in [0.1, 0.15) is 25.1 Å². The van der Waals surface area contributed by atoms with Gasteiger partial charge in [0.15, 0.2) is 5.75 Å². The van der Waals surface area contributed by atoms with Gasteiger partial charge in [0.1, 0.15) is 10.3 Å². The third kappa shape index (κ3) is 5.60. The van der Waals surface area contributed by atoms with Gasteiger partial charge >= 0.3 is 0 Å². The molecule has 0 aliphatic rings. The van der Waals surface area contributed by atoms with Crippen molar-refractivity contribution < 1.29 is 4.74 Å². The van der Waals surface area contributed by atoms with Crippen LogP contribution in [0, 0.1) is 3.70 Å². The highest BCUT2D eigenvalue weighted by atomic mass is 127. The number of ether oxygens (including phenoxy) is 1. The molecule has 0 amide bonds. The minimum absolute atomic E-state index is 0.342. The Morgan fingerprint density at radius 2 is 2.00 bits per heavy atom. The smallest absolute Gasteiger partial charge is 0.156 e. The van der Waals surface area contributed by atoms with Crippen LogP contribution in [0.5, 0.6) is 5.75 Å². The lowest BCUT2D eigenvalue weighted by Gasteiger charge is -2.15. The standard InChI is InChI=1S/C15H15Cl2IN2O/c1-15(2,17)6-11-5-12(16)13(8-19-11)21-9-10-3-4-14(18)20-7-10/h3-5,7-8H,6,9H2,1-2H3. The predicted octanol–water partition coefficient (Wildman–Crippen LogP) is 4.87. The van der Waals surface area contributed by atoms with Crippen LogP contribution in [-0.2, 0) is 13.0 Å². The van der Waals surface area contributed by atoms with Crippen LogP contribution < -0.4 is 4.74 Å². The molecule has 0 saturated carbocycles. The average molecular weight is 437 g/mol. The molecule has 112 valence electrons. The summed E-state index contributed by atoms with van der Waals surface area (Å²) in [5, 5.41) is 0.541. The van der Waals surface area contributed by atoms with E-state index < -0.39 is 0 Å². The van der Waals surface area contributed by atoms with Gasteiger partial charge < -0.3 is 4.74 Å². The van der Waals surface area contributed by atoms with E-state index in [9.17, 15) is 0 Å². The largest absolute Gasteiger partial charge is 0.486 e. The minimum atomic E-state index is -0.342. The Labute approximate surface area is 148 Å². The molecule has 0 atom stereocenters. The van der Waals surface area contributed by atoms with Crippen molar-refractivity contribution in [1.82, 2.24) is 9.97 Å². The molecule has 2 aromatic rings. The van der Waals surface area contributed by atoms with Crippen molar-refractivity contribution in [3.05, 3.63) is 50.6 Å². The maximum absolute atomic E-state index is 6.22. The predicted molar refractivity (Wildman–Crippen MR) is 94.2 cm³/mol. The van der Waals surface area contributed by atoms with Crippen LogP contribution in [0.25, 0.3) is 0 Å². The summed E-state index contributed by atoms with van der Waals surface area (Å²) in [6.45, 7) is 4.29. The quantitative estimate of drug-likeness (QED) is 0.381. The van der Waals surface area contributed by atoms with Gasteiger partial charge in [-0.2, -0.15) is 0 Å². The van der Waals surface area contributed by atoms with Crippen molar-refractivity contribution in [3.63, 3.8) is 0 Å². The van der Waals surface area contributed by atoms with Crippen molar-refractivity contribution in [2.24, 2.45) is 0 Å². The normalized spacial score (nSPS) is 11.5. The molecule has 3 nitrogen and oxygen atoms in total. The fourth-order valence-corrected chi connectivity index (χ4v) is 2.43. The number of alkyl halides is 1. The molecular weight excluding hydrogens is 422 g/mol. The lowest BCUT2D eigenvalue weighted by atomic mass is 10.1. The fraction of sp³-hybridized carbons (Fsp3) is 0.333. The molecule has 0 spiro atoms. The van der Waals surface area contributed by atoms with Crippen LogP contribution in [0.3, 0.4) is 0 Å². The van der Waals surface area contributed by atoms with Gasteiger partial charge in [0.2, 0.25) is 0 Å². The summed E-state index contributed by atoms with van der Waals surface area (Å²) in [5.74, 6) is 0.561. The number of rotatable bonds is 5. The summed E-state index contributed by atoms with van der Waals surface area (Å²) in [6, 6.07) is 5.71. The lowest BCUT2D eigenvalue weighted by molar-refractivity contribution is 0.304. The molecule has 0 N–H and O–H groups in total. The number of hydrogen-bond acceptors (Lipinski definition) is 3. The summed E-state index contributed by atoms with van der Waals surface area (Å²) < 4.78 is 6.63. The van der Waals surface area contributed by atoms with Crippen molar-refractivity contribution >= 4 is 45.8 Å². The zero-order chi connectivity index (χ0) is 15.5. The van der Waals surface area contributed by atoms with Gasteiger partial charge in [-0.05, 0) is 48.6 Å². The maximum Gasteiger partial charge on any atom is 0.156 e. The first-order valence-corrected chi connectivity index (χ1v) is 8.23. The summed E-state index contributed by atoms with van der Waals surface area (Å²) in [5.41, 5.74) is 1.83. The fourth-order valence-electron chi connectivity index (χ4n) is 1.74. The van der Waals surface area contributed by atoms with Crippen molar-refractivity contribution in [2.75, 3.05) is 0 Å². The van der Waals surface area contributed by atoms with E-state index in [1.807, 2.05) is 26.0 Å². The number of halogens is 3. The zero-order valence-corrected chi connectivity index (χ0v) is 15.4. The molecule has 2 heterocycles. The number of nitrogens with zero attached hydrogens (tertiary/aromatic N) is 2. The topological polar surface area (TPSA) is 35.0 Å². The molecule has 0 aliphatic carbocycles. The Bertz CT molecular complexity index is 612. The van der Waals surface area contributed by atoms with Crippen molar-refractivity contribution in [1.29, 1.82) is 0 Å². The average Bonchev–Trinajstić information content (AvgIpc) is 2.38. The summed E-state index contributed by atoms with van der Waals surface area (Å²) >= 11 is 14.6. The second-order valence-corrected chi connectivity index (χ2v) is 7.82. The summed E-state index contributed by atoms with van der Waals surface area (Å²) in [4.78, 5) is 8.21. The first-order chi connectivity index (χ1) is 9.83. The molecule has 21 heavy (non-hydrogen) atoms. The SMILES string of the molecule is CC(C)(Cl)Cc1cc(Cl)c(OCc2ccc(I)nc2)cn1. The van der Waals surface area contributed by atoms with E-state index in [2.05, 4.69) is 32.6 Å². The second-order valence-electron chi connectivity index (χ2n) is 5.28. The van der Waals surface area contributed by atoms with E-state index in [1.165, 1.54) is 0 Å². The van der Waals surface area contributed by atoms with Gasteiger partial charge in [0.05, 0.1) is 11.2 Å². The van der Waals surface area contributed by atoms with Crippen molar-refractivity contribution in [2.45, 2.75) is 31.7 Å². The van der Waals surface area contributed by atoms with E-state index in [4.69, 9.17) is 27.9 Å². The Balaban J connectivity index is 2.02. The van der Waals surface area contributed by atoms with E-state index in [0.29, 0.717) is 23.8 Å². The van der Waals surface area contributed by atoms with Crippen LogP contribution in [0.4, 0.5) is 0 Å². The number of aromatic nitrogens is 2. The minimum Gasteiger partial charge on any atom is -0.486 e. The molecule has 0 fully saturated rings. The second kappa shape index (κ2) is 7.11. The third-order valence-electron chi connectivity index (χ3n) is 2.66. The first-order valence-electron chi connectivity index (χ1n) is 6.40. The van der Waals surface area contributed by atoms with Gasteiger partial charge in [0, 0.05) is 28.7 Å². The molecule has 2 rings (SSSR count). The van der Waals surface area contributed by atoms with Gasteiger partial charge in [-0.3, -0.25) is 4.98 Å². The van der Waals surface area contributed by atoms with Gasteiger partial charge in [0.25, 0.3) is 0 Å². The lowest BCUT2D eigenvalue weighted by Crippen LogP contribution is -2.15. The van der Waals surface area contributed by atoms with Crippen LogP contribution >= 0.6 is 45.8 Å². The number of hydrogen-bond donors (Lipinski definition) is 0. The molecule has 6 heteroatoms. The Hall–Kier alpha value is -0.590. The zero-order valence-electron chi connectivity index (χ0n) is 11.7. The van der Waals surface area contributed by atoms with Crippen LogP contribution in [0.15, 0.2) is 30.6 Å². The molecular formula is C15H15Cl2IN2O. The molecule has 0 radical (unpaired) electrons. The molecule has 0 aliphatic heterocycles. The first kappa shape index (κ1) is 16.8. The Morgan fingerprint density at radius 3 is 2.57 bits per heavy atom. The highest BCUT2D eigenvalue weighted by Crippen LogP contribution is 2.27. The maximum atomic E-state index is 6.22. The molecule has 0 saturated heterocycles.